The van der Waals surface area contributed by atoms with Gasteiger partial charge in [-0.15, -0.1) is 0 Å². The minimum atomic E-state index is -0.506. The van der Waals surface area contributed by atoms with E-state index in [2.05, 4.69) is 9.88 Å². The van der Waals surface area contributed by atoms with E-state index >= 15 is 0 Å². The van der Waals surface area contributed by atoms with E-state index in [4.69, 9.17) is 4.74 Å². The molecule has 3 aliphatic rings. The summed E-state index contributed by atoms with van der Waals surface area (Å²) in [5, 5.41) is 0. The van der Waals surface area contributed by atoms with Crippen LogP contribution in [0, 0.1) is 5.82 Å². The second kappa shape index (κ2) is 6.32. The third kappa shape index (κ3) is 3.17. The third-order valence-electron chi connectivity index (χ3n) is 5.92. The predicted molar refractivity (Wildman–Crippen MR) is 91.6 cm³/mol. The van der Waals surface area contributed by atoms with E-state index in [1.54, 1.807) is 12.3 Å². The molecule has 0 aromatic carbocycles. The Morgan fingerprint density at radius 2 is 2.04 bits per heavy atom. The van der Waals surface area contributed by atoms with Crippen molar-refractivity contribution >= 4 is 5.91 Å². The molecule has 136 valence electrons. The van der Waals surface area contributed by atoms with E-state index in [1.165, 1.54) is 6.07 Å². The van der Waals surface area contributed by atoms with Gasteiger partial charge in [0.15, 0.2) is 0 Å². The normalized spacial score (nSPS) is 24.9. The van der Waals surface area contributed by atoms with Crippen LogP contribution in [0.3, 0.4) is 0 Å². The Kier molecular flexibility index (Phi) is 4.28. The summed E-state index contributed by atoms with van der Waals surface area (Å²) in [7, 11) is 0. The summed E-state index contributed by atoms with van der Waals surface area (Å²) < 4.78 is 20.1. The lowest BCUT2D eigenvalue weighted by molar-refractivity contribution is -0.200. The van der Waals surface area contributed by atoms with Crippen LogP contribution in [0.15, 0.2) is 18.3 Å². The van der Waals surface area contributed by atoms with Crippen molar-refractivity contribution in [3.05, 3.63) is 29.8 Å². The summed E-state index contributed by atoms with van der Waals surface area (Å²) in [5.74, 6) is -0.0342. The number of halogens is 1. The molecular weight excluding hydrogens is 321 g/mol. The zero-order valence-corrected chi connectivity index (χ0v) is 14.8. The fourth-order valence-corrected chi connectivity index (χ4v) is 4.19. The maximum Gasteiger partial charge on any atom is 0.254 e. The van der Waals surface area contributed by atoms with Gasteiger partial charge in [0, 0.05) is 45.3 Å². The summed E-state index contributed by atoms with van der Waals surface area (Å²) in [6.45, 7) is 6.18. The monoisotopic (exact) mass is 347 g/mol. The van der Waals surface area contributed by atoms with Crippen molar-refractivity contribution in [1.29, 1.82) is 0 Å². The lowest BCUT2D eigenvalue weighted by Crippen LogP contribution is -2.62. The highest BCUT2D eigenvalue weighted by Gasteiger charge is 2.61. The maximum absolute atomic E-state index is 13.7. The molecule has 1 aromatic heterocycles. The molecule has 2 aliphatic heterocycles. The van der Waals surface area contributed by atoms with Gasteiger partial charge in [-0.1, -0.05) is 0 Å². The minimum Gasteiger partial charge on any atom is -0.357 e. The zero-order valence-electron chi connectivity index (χ0n) is 14.8. The summed E-state index contributed by atoms with van der Waals surface area (Å²) in [6.07, 6.45) is 5.88. The molecule has 1 aliphatic carbocycles. The van der Waals surface area contributed by atoms with Crippen molar-refractivity contribution < 1.29 is 13.9 Å². The largest absolute Gasteiger partial charge is 0.357 e. The number of carbonyl (C=O) groups excluding carboxylic acids is 1. The van der Waals surface area contributed by atoms with E-state index in [-0.39, 0.29) is 17.3 Å². The van der Waals surface area contributed by atoms with Crippen molar-refractivity contribution in [3.63, 3.8) is 0 Å². The quantitative estimate of drug-likeness (QED) is 0.836. The topological polar surface area (TPSA) is 45.7 Å². The highest BCUT2D eigenvalue weighted by atomic mass is 19.1. The van der Waals surface area contributed by atoms with E-state index in [9.17, 15) is 9.18 Å². The van der Waals surface area contributed by atoms with Gasteiger partial charge in [0.2, 0.25) is 0 Å². The Hall–Kier alpha value is -1.53. The molecule has 25 heavy (non-hydrogen) atoms. The van der Waals surface area contributed by atoms with Gasteiger partial charge in [0.1, 0.15) is 11.4 Å². The number of likely N-dealkylation sites (N-methyl/N-ethyl adjacent to an activating group) is 1. The number of hydrogen-bond donors (Lipinski definition) is 0. The molecule has 5 nitrogen and oxygen atoms in total. The van der Waals surface area contributed by atoms with Gasteiger partial charge in [-0.25, -0.2) is 4.39 Å². The molecule has 1 saturated carbocycles. The van der Waals surface area contributed by atoms with Crippen LogP contribution in [0.4, 0.5) is 4.39 Å². The summed E-state index contributed by atoms with van der Waals surface area (Å²) in [5.41, 5.74) is -0.155. The molecule has 1 aromatic rings. The number of carbonyl (C=O) groups is 1. The Labute approximate surface area is 148 Å². The molecule has 2 saturated heterocycles. The number of amides is 1. The number of hydrogen-bond acceptors (Lipinski definition) is 4. The molecule has 0 bridgehead atoms. The first kappa shape index (κ1) is 16.9. The fraction of sp³-hybridized carbons (Fsp3) is 0.684. The number of likely N-dealkylation sites (tertiary alicyclic amines) is 1. The SMILES string of the molecule is CCN1CC2(CCN(CCc3ncccc3F)CC2)OC2(CC2)C1=O. The molecule has 3 heterocycles. The van der Waals surface area contributed by atoms with Crippen LogP contribution in [0.2, 0.25) is 0 Å². The van der Waals surface area contributed by atoms with Gasteiger partial charge in [0.05, 0.1) is 11.3 Å². The van der Waals surface area contributed by atoms with Crippen molar-refractivity contribution in [2.45, 2.75) is 50.2 Å². The van der Waals surface area contributed by atoms with Crippen LogP contribution >= 0.6 is 0 Å². The molecular formula is C19H26FN3O2. The van der Waals surface area contributed by atoms with Crippen LogP contribution in [-0.4, -0.2) is 64.6 Å². The predicted octanol–water partition coefficient (Wildman–Crippen LogP) is 2.01. The first-order chi connectivity index (χ1) is 12.1. The van der Waals surface area contributed by atoms with E-state index < -0.39 is 5.60 Å². The van der Waals surface area contributed by atoms with Crippen LogP contribution in [-0.2, 0) is 16.0 Å². The van der Waals surface area contributed by atoms with Crippen LogP contribution in [0.5, 0.6) is 0 Å². The second-order valence-electron chi connectivity index (χ2n) is 7.62. The number of ether oxygens (including phenoxy) is 1. The summed E-state index contributed by atoms with van der Waals surface area (Å²) in [4.78, 5) is 20.9. The number of rotatable bonds is 4. The molecule has 6 heteroatoms. The molecule has 2 spiro atoms. The number of nitrogens with zero attached hydrogens (tertiary/aromatic N) is 3. The van der Waals surface area contributed by atoms with Gasteiger partial charge >= 0.3 is 0 Å². The highest BCUT2D eigenvalue weighted by molar-refractivity contribution is 5.89. The smallest absolute Gasteiger partial charge is 0.254 e. The number of pyridine rings is 1. The lowest BCUT2D eigenvalue weighted by Gasteiger charge is -2.50. The summed E-state index contributed by atoms with van der Waals surface area (Å²) >= 11 is 0. The lowest BCUT2D eigenvalue weighted by atomic mass is 9.88. The standard InChI is InChI=1S/C19H26FN3O2/c1-2-23-14-18(25-19(6-7-19)17(23)24)8-12-22(13-9-18)11-5-16-15(20)4-3-10-21-16/h3-4,10H,2,5-9,11-14H2,1H3. The average molecular weight is 347 g/mol. The second-order valence-corrected chi connectivity index (χ2v) is 7.62. The Bertz CT molecular complexity index is 654. The number of morpholine rings is 1. The molecule has 3 fully saturated rings. The van der Waals surface area contributed by atoms with Gasteiger partial charge in [-0.3, -0.25) is 9.78 Å². The Balaban J connectivity index is 1.35. The zero-order chi connectivity index (χ0) is 17.5. The van der Waals surface area contributed by atoms with Gasteiger partial charge in [0.25, 0.3) is 5.91 Å². The van der Waals surface area contributed by atoms with Crippen molar-refractivity contribution in [1.82, 2.24) is 14.8 Å². The first-order valence-electron chi connectivity index (χ1n) is 9.37. The molecule has 0 atom stereocenters. The highest BCUT2D eigenvalue weighted by Crippen LogP contribution is 2.49. The molecule has 4 rings (SSSR count). The van der Waals surface area contributed by atoms with Crippen LogP contribution in [0.25, 0.3) is 0 Å². The molecule has 0 radical (unpaired) electrons. The van der Waals surface area contributed by atoms with E-state index in [1.807, 2.05) is 11.8 Å². The molecule has 1 amide bonds. The van der Waals surface area contributed by atoms with Gasteiger partial charge in [-0.2, -0.15) is 0 Å². The maximum atomic E-state index is 13.7. The van der Waals surface area contributed by atoms with E-state index in [0.717, 1.165) is 51.9 Å². The third-order valence-corrected chi connectivity index (χ3v) is 5.92. The number of piperidine rings is 1. The van der Waals surface area contributed by atoms with Crippen molar-refractivity contribution in [2.24, 2.45) is 0 Å². The van der Waals surface area contributed by atoms with Crippen molar-refractivity contribution in [2.75, 3.05) is 32.7 Å². The van der Waals surface area contributed by atoms with Gasteiger partial charge < -0.3 is 14.5 Å². The molecule has 0 N–H and O–H groups in total. The Morgan fingerprint density at radius 1 is 1.28 bits per heavy atom. The fourth-order valence-electron chi connectivity index (χ4n) is 4.19. The Morgan fingerprint density at radius 3 is 2.68 bits per heavy atom. The van der Waals surface area contributed by atoms with Crippen LogP contribution in [0.1, 0.15) is 38.3 Å². The van der Waals surface area contributed by atoms with Gasteiger partial charge in [-0.05, 0) is 44.7 Å². The number of aromatic nitrogens is 1. The van der Waals surface area contributed by atoms with Crippen LogP contribution < -0.4 is 0 Å². The summed E-state index contributed by atoms with van der Waals surface area (Å²) in [6, 6.07) is 3.09. The average Bonchev–Trinajstić information content (AvgIpc) is 3.39. The van der Waals surface area contributed by atoms with Crippen molar-refractivity contribution in [3.8, 4) is 0 Å². The first-order valence-corrected chi connectivity index (χ1v) is 9.37. The van der Waals surface area contributed by atoms with E-state index in [0.29, 0.717) is 18.7 Å². The molecule has 0 unspecified atom stereocenters. The minimum absolute atomic E-state index is 0.187.